The lowest BCUT2D eigenvalue weighted by Gasteiger charge is -2.37. The number of hydrogen-bond acceptors (Lipinski definition) is 5. The average Bonchev–Trinajstić information content (AvgIpc) is 3.20. The topological polar surface area (TPSA) is 51.2 Å². The van der Waals surface area contributed by atoms with Gasteiger partial charge in [0.05, 0.1) is 7.11 Å². The second kappa shape index (κ2) is 8.79. The van der Waals surface area contributed by atoms with Crippen LogP contribution in [-0.4, -0.2) is 49.2 Å². The molecule has 3 aliphatic rings. The molecule has 3 aliphatic heterocycles. The molecular formula is C25H30N2O4. The summed E-state index contributed by atoms with van der Waals surface area (Å²) in [5.74, 6) is 3.83. The Balaban J connectivity index is 1.20. The van der Waals surface area contributed by atoms with Crippen molar-refractivity contribution < 1.29 is 19.0 Å². The van der Waals surface area contributed by atoms with Crippen LogP contribution >= 0.6 is 0 Å². The third-order valence-electron chi connectivity index (χ3n) is 6.91. The molecule has 0 N–H and O–H groups in total. The molecule has 164 valence electrons. The molecule has 0 bridgehead atoms. The van der Waals surface area contributed by atoms with Gasteiger partial charge < -0.3 is 19.1 Å². The van der Waals surface area contributed by atoms with E-state index in [4.69, 9.17) is 14.2 Å². The van der Waals surface area contributed by atoms with Gasteiger partial charge in [-0.05, 0) is 66.6 Å². The molecule has 2 atom stereocenters. The van der Waals surface area contributed by atoms with Crippen molar-refractivity contribution in [3.63, 3.8) is 0 Å². The Morgan fingerprint density at radius 3 is 2.55 bits per heavy atom. The summed E-state index contributed by atoms with van der Waals surface area (Å²) in [6, 6.07) is 14.3. The SMILES string of the molecule is COc1ccc(CN2CC[C@@H]3CC(=O)N(Cc4ccc5c(c4)OCO5)CC[C@H]3C2)cc1. The van der Waals surface area contributed by atoms with Crippen molar-refractivity contribution in [3.05, 3.63) is 53.6 Å². The zero-order chi connectivity index (χ0) is 21.2. The zero-order valence-corrected chi connectivity index (χ0v) is 18.1. The van der Waals surface area contributed by atoms with Gasteiger partial charge in [0, 0.05) is 32.6 Å². The van der Waals surface area contributed by atoms with Crippen LogP contribution in [0.5, 0.6) is 17.2 Å². The molecule has 6 nitrogen and oxygen atoms in total. The number of likely N-dealkylation sites (tertiary alicyclic amines) is 2. The highest BCUT2D eigenvalue weighted by molar-refractivity contribution is 5.76. The lowest BCUT2D eigenvalue weighted by molar-refractivity contribution is -0.132. The molecule has 2 aromatic rings. The number of benzene rings is 2. The van der Waals surface area contributed by atoms with Gasteiger partial charge in [0.15, 0.2) is 11.5 Å². The van der Waals surface area contributed by atoms with E-state index in [-0.39, 0.29) is 12.7 Å². The fraction of sp³-hybridized carbons (Fsp3) is 0.480. The van der Waals surface area contributed by atoms with Crippen LogP contribution in [0, 0.1) is 11.8 Å². The highest BCUT2D eigenvalue weighted by Gasteiger charge is 2.35. The summed E-state index contributed by atoms with van der Waals surface area (Å²) in [6.45, 7) is 4.83. The van der Waals surface area contributed by atoms with Gasteiger partial charge in [-0.3, -0.25) is 9.69 Å². The zero-order valence-electron chi connectivity index (χ0n) is 18.1. The molecule has 0 aliphatic carbocycles. The second-order valence-corrected chi connectivity index (χ2v) is 8.89. The Morgan fingerprint density at radius 2 is 1.71 bits per heavy atom. The molecule has 2 fully saturated rings. The molecule has 5 rings (SSSR count). The van der Waals surface area contributed by atoms with Gasteiger partial charge >= 0.3 is 0 Å². The van der Waals surface area contributed by atoms with Gasteiger partial charge in [-0.2, -0.15) is 0 Å². The van der Waals surface area contributed by atoms with E-state index in [0.29, 0.717) is 24.8 Å². The fourth-order valence-electron chi connectivity index (χ4n) is 5.11. The molecule has 0 radical (unpaired) electrons. The number of hydrogen-bond donors (Lipinski definition) is 0. The van der Waals surface area contributed by atoms with E-state index in [1.54, 1.807) is 7.11 Å². The van der Waals surface area contributed by atoms with Crippen LogP contribution in [0.25, 0.3) is 0 Å². The third kappa shape index (κ3) is 4.49. The first-order chi connectivity index (χ1) is 15.2. The number of methoxy groups -OCH3 is 1. The normalized spacial score (nSPS) is 23.4. The fourth-order valence-corrected chi connectivity index (χ4v) is 5.11. The van der Waals surface area contributed by atoms with E-state index in [0.717, 1.165) is 61.8 Å². The van der Waals surface area contributed by atoms with E-state index in [1.807, 2.05) is 35.2 Å². The van der Waals surface area contributed by atoms with Crippen LogP contribution < -0.4 is 14.2 Å². The van der Waals surface area contributed by atoms with Crippen molar-refractivity contribution in [3.8, 4) is 17.2 Å². The molecule has 0 spiro atoms. The summed E-state index contributed by atoms with van der Waals surface area (Å²) in [4.78, 5) is 17.6. The van der Waals surface area contributed by atoms with Crippen molar-refractivity contribution in [2.45, 2.75) is 32.4 Å². The van der Waals surface area contributed by atoms with Gasteiger partial charge in [-0.15, -0.1) is 0 Å². The minimum Gasteiger partial charge on any atom is -0.497 e. The average molecular weight is 423 g/mol. The van der Waals surface area contributed by atoms with E-state index in [1.165, 1.54) is 5.56 Å². The number of carbonyl (C=O) groups is 1. The number of amides is 1. The number of ether oxygens (including phenoxy) is 3. The quantitative estimate of drug-likeness (QED) is 0.736. The van der Waals surface area contributed by atoms with Crippen molar-refractivity contribution in [1.29, 1.82) is 0 Å². The Labute approximate surface area is 183 Å². The lowest BCUT2D eigenvalue weighted by Crippen LogP contribution is -2.40. The summed E-state index contributed by atoms with van der Waals surface area (Å²) < 4.78 is 16.2. The molecular weight excluding hydrogens is 392 g/mol. The third-order valence-corrected chi connectivity index (χ3v) is 6.91. The summed E-state index contributed by atoms with van der Waals surface area (Å²) in [5, 5.41) is 0. The Morgan fingerprint density at radius 1 is 0.935 bits per heavy atom. The van der Waals surface area contributed by atoms with Crippen LogP contribution in [-0.2, 0) is 17.9 Å². The lowest BCUT2D eigenvalue weighted by atomic mass is 9.82. The standard InChI is InChI=1S/C25H30N2O4/c1-29-22-5-2-18(3-6-22)14-26-10-8-20-13-25(28)27(11-9-21(20)16-26)15-19-4-7-23-24(12-19)31-17-30-23/h2-7,12,20-21H,8-11,13-17H2,1H3/t20-,21+/m1/s1. The van der Waals surface area contributed by atoms with Crippen molar-refractivity contribution in [2.75, 3.05) is 33.5 Å². The summed E-state index contributed by atoms with van der Waals surface area (Å²) >= 11 is 0. The van der Waals surface area contributed by atoms with Gasteiger partial charge in [0.2, 0.25) is 12.7 Å². The highest BCUT2D eigenvalue weighted by atomic mass is 16.7. The molecule has 2 aromatic carbocycles. The van der Waals surface area contributed by atoms with E-state index < -0.39 is 0 Å². The van der Waals surface area contributed by atoms with Crippen LogP contribution in [0.4, 0.5) is 0 Å². The number of rotatable bonds is 5. The Hall–Kier alpha value is -2.73. The minimum atomic E-state index is 0.276. The summed E-state index contributed by atoms with van der Waals surface area (Å²) in [5.41, 5.74) is 2.41. The monoisotopic (exact) mass is 422 g/mol. The second-order valence-electron chi connectivity index (χ2n) is 8.89. The van der Waals surface area contributed by atoms with Gasteiger partial charge in [0.25, 0.3) is 0 Å². The molecule has 6 heteroatoms. The molecule has 0 saturated carbocycles. The van der Waals surface area contributed by atoms with Gasteiger partial charge in [-0.1, -0.05) is 18.2 Å². The smallest absolute Gasteiger partial charge is 0.231 e. The van der Waals surface area contributed by atoms with Gasteiger partial charge in [-0.25, -0.2) is 0 Å². The summed E-state index contributed by atoms with van der Waals surface area (Å²) in [6.07, 6.45) is 2.84. The maximum Gasteiger partial charge on any atom is 0.231 e. The van der Waals surface area contributed by atoms with E-state index in [2.05, 4.69) is 17.0 Å². The van der Waals surface area contributed by atoms with Crippen molar-refractivity contribution in [2.24, 2.45) is 11.8 Å². The first-order valence-corrected chi connectivity index (χ1v) is 11.2. The van der Waals surface area contributed by atoms with Crippen LogP contribution in [0.2, 0.25) is 0 Å². The van der Waals surface area contributed by atoms with Crippen LogP contribution in [0.3, 0.4) is 0 Å². The van der Waals surface area contributed by atoms with E-state index >= 15 is 0 Å². The predicted octanol–water partition coefficient (Wildman–Crippen LogP) is 3.68. The number of nitrogens with zero attached hydrogens (tertiary/aromatic N) is 2. The maximum absolute atomic E-state index is 13.0. The Kier molecular flexibility index (Phi) is 5.72. The largest absolute Gasteiger partial charge is 0.497 e. The highest BCUT2D eigenvalue weighted by Crippen LogP contribution is 2.35. The molecule has 1 amide bonds. The van der Waals surface area contributed by atoms with Crippen LogP contribution in [0.15, 0.2) is 42.5 Å². The molecule has 3 heterocycles. The Bertz CT molecular complexity index is 930. The maximum atomic E-state index is 13.0. The number of fused-ring (bicyclic) bond motifs is 2. The van der Waals surface area contributed by atoms with Crippen LogP contribution in [0.1, 0.15) is 30.4 Å². The minimum absolute atomic E-state index is 0.276. The first kappa shape index (κ1) is 20.2. The number of carbonyl (C=O) groups excluding carboxylic acids is 1. The molecule has 2 saturated heterocycles. The molecule has 31 heavy (non-hydrogen) atoms. The molecule has 0 aromatic heterocycles. The van der Waals surface area contributed by atoms with Gasteiger partial charge in [0.1, 0.15) is 5.75 Å². The van der Waals surface area contributed by atoms with E-state index in [9.17, 15) is 4.79 Å². The predicted molar refractivity (Wildman–Crippen MR) is 117 cm³/mol. The summed E-state index contributed by atoms with van der Waals surface area (Å²) in [7, 11) is 1.70. The molecule has 0 unspecified atom stereocenters. The number of piperidine rings is 1. The first-order valence-electron chi connectivity index (χ1n) is 11.2. The van der Waals surface area contributed by atoms with Crippen molar-refractivity contribution in [1.82, 2.24) is 9.80 Å². The van der Waals surface area contributed by atoms with Crippen molar-refractivity contribution >= 4 is 5.91 Å².